The fourth-order valence-corrected chi connectivity index (χ4v) is 3.27. The Bertz CT molecular complexity index is 394. The van der Waals surface area contributed by atoms with Gasteiger partial charge in [-0.2, -0.15) is 0 Å². The fraction of sp³-hybridized carbons (Fsp3) is 0.647. The Hall–Kier alpha value is -0.900. The molecule has 1 heterocycles. The molecule has 1 unspecified atom stereocenters. The number of nitrogens with zero attached hydrogens (tertiary/aromatic N) is 2. The third kappa shape index (κ3) is 3.40. The standard InChI is InChI=1S/C17H27N3/c1-2-18-14-17(15-6-4-3-5-7-15)20-12-10-19(11-13-20)16-8-9-16/h3-7,16-18H,2,8-14H2,1H3. The maximum atomic E-state index is 3.54. The zero-order chi connectivity index (χ0) is 13.8. The molecule has 0 bridgehead atoms. The van der Waals surface area contributed by atoms with E-state index >= 15 is 0 Å². The minimum absolute atomic E-state index is 0.525. The van der Waals surface area contributed by atoms with Crippen molar-refractivity contribution in [3.05, 3.63) is 35.9 Å². The predicted molar refractivity (Wildman–Crippen MR) is 83.9 cm³/mol. The van der Waals surface area contributed by atoms with Crippen molar-refractivity contribution >= 4 is 0 Å². The van der Waals surface area contributed by atoms with Gasteiger partial charge in [-0.05, 0) is 24.9 Å². The molecule has 1 atom stereocenters. The van der Waals surface area contributed by atoms with Crippen LogP contribution in [0.1, 0.15) is 31.4 Å². The monoisotopic (exact) mass is 273 g/mol. The van der Waals surface area contributed by atoms with Crippen LogP contribution in [-0.2, 0) is 0 Å². The molecule has 3 heteroatoms. The summed E-state index contributed by atoms with van der Waals surface area (Å²) in [7, 11) is 0. The average molecular weight is 273 g/mol. The summed E-state index contributed by atoms with van der Waals surface area (Å²) >= 11 is 0. The molecule has 0 spiro atoms. The Morgan fingerprint density at radius 3 is 2.40 bits per heavy atom. The molecule has 1 aliphatic heterocycles. The minimum atomic E-state index is 0.525. The van der Waals surface area contributed by atoms with Gasteiger partial charge in [0.1, 0.15) is 0 Å². The highest BCUT2D eigenvalue weighted by Crippen LogP contribution is 2.29. The van der Waals surface area contributed by atoms with Gasteiger partial charge in [-0.1, -0.05) is 37.3 Å². The van der Waals surface area contributed by atoms with E-state index in [0.29, 0.717) is 6.04 Å². The summed E-state index contributed by atoms with van der Waals surface area (Å²) in [5.41, 5.74) is 1.45. The van der Waals surface area contributed by atoms with Crippen LogP contribution in [0, 0.1) is 0 Å². The lowest BCUT2D eigenvalue weighted by Crippen LogP contribution is -2.50. The number of benzene rings is 1. The summed E-state index contributed by atoms with van der Waals surface area (Å²) in [6.45, 7) is 9.21. The third-order valence-corrected chi connectivity index (χ3v) is 4.62. The van der Waals surface area contributed by atoms with E-state index in [1.807, 2.05) is 0 Å². The third-order valence-electron chi connectivity index (χ3n) is 4.62. The second kappa shape index (κ2) is 6.70. The number of hydrogen-bond acceptors (Lipinski definition) is 3. The second-order valence-electron chi connectivity index (χ2n) is 6.04. The normalized spacial score (nSPS) is 22.9. The number of likely N-dealkylation sites (N-methyl/N-ethyl adjacent to an activating group) is 1. The van der Waals surface area contributed by atoms with E-state index in [4.69, 9.17) is 0 Å². The lowest BCUT2D eigenvalue weighted by Gasteiger charge is -2.39. The second-order valence-corrected chi connectivity index (χ2v) is 6.04. The number of piperazine rings is 1. The minimum Gasteiger partial charge on any atom is -0.315 e. The van der Waals surface area contributed by atoms with Gasteiger partial charge < -0.3 is 5.32 Å². The van der Waals surface area contributed by atoms with Crippen molar-refractivity contribution < 1.29 is 0 Å². The summed E-state index contributed by atoms with van der Waals surface area (Å²) < 4.78 is 0. The van der Waals surface area contributed by atoms with Crippen molar-refractivity contribution in [2.45, 2.75) is 31.8 Å². The lowest BCUT2D eigenvalue weighted by molar-refractivity contribution is 0.0906. The molecule has 1 aliphatic carbocycles. The summed E-state index contributed by atoms with van der Waals surface area (Å²) in [6.07, 6.45) is 2.86. The van der Waals surface area contributed by atoms with Gasteiger partial charge in [0.2, 0.25) is 0 Å². The quantitative estimate of drug-likeness (QED) is 0.856. The number of nitrogens with one attached hydrogen (secondary N) is 1. The van der Waals surface area contributed by atoms with E-state index in [9.17, 15) is 0 Å². The molecule has 0 aromatic heterocycles. The van der Waals surface area contributed by atoms with E-state index in [-0.39, 0.29) is 0 Å². The van der Waals surface area contributed by atoms with Crippen LogP contribution in [0.3, 0.4) is 0 Å². The topological polar surface area (TPSA) is 18.5 Å². The average Bonchev–Trinajstić information content (AvgIpc) is 3.34. The SMILES string of the molecule is CCNCC(c1ccccc1)N1CCN(C2CC2)CC1. The van der Waals surface area contributed by atoms with Crippen LogP contribution in [-0.4, -0.2) is 55.1 Å². The molecule has 3 nitrogen and oxygen atoms in total. The van der Waals surface area contributed by atoms with Crippen LogP contribution in [0.25, 0.3) is 0 Å². The molecule has 1 saturated carbocycles. The van der Waals surface area contributed by atoms with Crippen LogP contribution >= 0.6 is 0 Å². The van der Waals surface area contributed by atoms with E-state index in [0.717, 1.165) is 19.1 Å². The highest BCUT2D eigenvalue weighted by Gasteiger charge is 2.32. The summed E-state index contributed by atoms with van der Waals surface area (Å²) in [5, 5.41) is 3.54. The van der Waals surface area contributed by atoms with Crippen molar-refractivity contribution in [1.82, 2.24) is 15.1 Å². The van der Waals surface area contributed by atoms with Gasteiger partial charge in [-0.3, -0.25) is 9.80 Å². The Kier molecular flexibility index (Phi) is 4.71. The Morgan fingerprint density at radius 2 is 1.80 bits per heavy atom. The lowest BCUT2D eigenvalue weighted by atomic mass is 10.0. The first-order valence-corrected chi connectivity index (χ1v) is 8.12. The molecular formula is C17H27N3. The molecule has 0 radical (unpaired) electrons. The smallest absolute Gasteiger partial charge is 0.0473 e. The fourth-order valence-electron chi connectivity index (χ4n) is 3.27. The van der Waals surface area contributed by atoms with Crippen molar-refractivity contribution in [2.75, 3.05) is 39.3 Å². The molecule has 20 heavy (non-hydrogen) atoms. The van der Waals surface area contributed by atoms with Crippen molar-refractivity contribution in [3.63, 3.8) is 0 Å². The molecule has 110 valence electrons. The van der Waals surface area contributed by atoms with Gasteiger partial charge in [-0.25, -0.2) is 0 Å². The molecule has 1 aromatic carbocycles. The Morgan fingerprint density at radius 1 is 1.10 bits per heavy atom. The maximum Gasteiger partial charge on any atom is 0.0473 e. The van der Waals surface area contributed by atoms with E-state index in [2.05, 4.69) is 52.4 Å². The van der Waals surface area contributed by atoms with Crippen molar-refractivity contribution in [2.24, 2.45) is 0 Å². The van der Waals surface area contributed by atoms with Gasteiger partial charge in [0.25, 0.3) is 0 Å². The van der Waals surface area contributed by atoms with Crippen LogP contribution < -0.4 is 5.32 Å². The highest BCUT2D eigenvalue weighted by molar-refractivity contribution is 5.19. The summed E-state index contributed by atoms with van der Waals surface area (Å²) in [6, 6.07) is 12.4. The zero-order valence-electron chi connectivity index (χ0n) is 12.6. The van der Waals surface area contributed by atoms with E-state index in [1.54, 1.807) is 0 Å². The largest absolute Gasteiger partial charge is 0.315 e. The molecular weight excluding hydrogens is 246 g/mol. The van der Waals surface area contributed by atoms with Crippen LogP contribution in [0.5, 0.6) is 0 Å². The molecule has 3 rings (SSSR count). The number of rotatable bonds is 6. The van der Waals surface area contributed by atoms with Gasteiger partial charge in [0.15, 0.2) is 0 Å². The summed E-state index contributed by atoms with van der Waals surface area (Å²) in [4.78, 5) is 5.35. The van der Waals surface area contributed by atoms with Crippen molar-refractivity contribution in [3.8, 4) is 0 Å². The van der Waals surface area contributed by atoms with Gasteiger partial charge in [-0.15, -0.1) is 0 Å². The Balaban J connectivity index is 1.63. The molecule has 1 N–H and O–H groups in total. The van der Waals surface area contributed by atoms with Gasteiger partial charge in [0.05, 0.1) is 0 Å². The van der Waals surface area contributed by atoms with E-state index in [1.165, 1.54) is 44.6 Å². The molecule has 2 aliphatic rings. The van der Waals surface area contributed by atoms with Gasteiger partial charge in [0, 0.05) is 44.8 Å². The molecule has 0 amide bonds. The molecule has 1 aromatic rings. The van der Waals surface area contributed by atoms with Crippen LogP contribution in [0.2, 0.25) is 0 Å². The molecule has 2 fully saturated rings. The molecule has 1 saturated heterocycles. The summed E-state index contributed by atoms with van der Waals surface area (Å²) in [5.74, 6) is 0. The first-order chi connectivity index (χ1) is 9.88. The van der Waals surface area contributed by atoms with Crippen LogP contribution in [0.4, 0.5) is 0 Å². The highest BCUT2D eigenvalue weighted by atomic mass is 15.3. The maximum absolute atomic E-state index is 3.54. The zero-order valence-corrected chi connectivity index (χ0v) is 12.6. The van der Waals surface area contributed by atoms with Crippen molar-refractivity contribution in [1.29, 1.82) is 0 Å². The van der Waals surface area contributed by atoms with E-state index < -0.39 is 0 Å². The predicted octanol–water partition coefficient (Wildman–Crippen LogP) is 2.12. The van der Waals surface area contributed by atoms with Crippen LogP contribution in [0.15, 0.2) is 30.3 Å². The Labute approximate surface area is 123 Å². The van der Waals surface area contributed by atoms with Gasteiger partial charge >= 0.3 is 0 Å². The first kappa shape index (κ1) is 14.1. The first-order valence-electron chi connectivity index (χ1n) is 8.12. The number of hydrogen-bond donors (Lipinski definition) is 1.